The minimum atomic E-state index is 0.127. The number of guanidine groups is 1. The number of aliphatic imine (C=N–C) groups is 1. The predicted octanol–water partition coefficient (Wildman–Crippen LogP) is 2.43. The summed E-state index contributed by atoms with van der Waals surface area (Å²) in [6.45, 7) is 13.3. The van der Waals surface area contributed by atoms with Crippen LogP contribution in [0.3, 0.4) is 0 Å². The van der Waals surface area contributed by atoms with E-state index in [-0.39, 0.29) is 6.10 Å². The van der Waals surface area contributed by atoms with Crippen molar-refractivity contribution in [1.29, 1.82) is 0 Å². The summed E-state index contributed by atoms with van der Waals surface area (Å²) in [7, 11) is 0. The standard InChI is InChI=1S/C21H36N4O2/c1-4-22-21(24-17-18(2)25-12-15-26-16-13-25)23-11-8-14-27-19(3)20-9-6-5-7-10-20/h5-7,9-10,18-19H,4,8,11-17H2,1-3H3,(H2,22,23,24). The fourth-order valence-electron chi connectivity index (χ4n) is 3.06. The quantitative estimate of drug-likeness (QED) is 0.373. The zero-order valence-corrected chi connectivity index (χ0v) is 17.1. The van der Waals surface area contributed by atoms with Crippen molar-refractivity contribution in [2.24, 2.45) is 4.99 Å². The lowest BCUT2D eigenvalue weighted by atomic mass is 10.1. The Kier molecular flexibility index (Phi) is 10.2. The van der Waals surface area contributed by atoms with Gasteiger partial charge < -0.3 is 20.1 Å². The molecule has 2 rings (SSSR count). The van der Waals surface area contributed by atoms with E-state index in [0.717, 1.165) is 64.9 Å². The highest BCUT2D eigenvalue weighted by Crippen LogP contribution is 2.15. The van der Waals surface area contributed by atoms with Crippen molar-refractivity contribution in [3.05, 3.63) is 35.9 Å². The molecule has 0 saturated carbocycles. The molecule has 152 valence electrons. The van der Waals surface area contributed by atoms with Crippen molar-refractivity contribution in [3.63, 3.8) is 0 Å². The van der Waals surface area contributed by atoms with Crippen LogP contribution in [0.15, 0.2) is 35.3 Å². The Hall–Kier alpha value is -1.63. The van der Waals surface area contributed by atoms with Crippen molar-refractivity contribution in [2.75, 3.05) is 52.5 Å². The van der Waals surface area contributed by atoms with Gasteiger partial charge in [0.15, 0.2) is 5.96 Å². The summed E-state index contributed by atoms with van der Waals surface area (Å²) < 4.78 is 11.3. The predicted molar refractivity (Wildman–Crippen MR) is 111 cm³/mol. The fourth-order valence-corrected chi connectivity index (χ4v) is 3.06. The molecule has 1 aromatic carbocycles. The zero-order chi connectivity index (χ0) is 19.3. The summed E-state index contributed by atoms with van der Waals surface area (Å²) in [5.74, 6) is 0.883. The zero-order valence-electron chi connectivity index (χ0n) is 17.1. The summed E-state index contributed by atoms with van der Waals surface area (Å²) in [5.41, 5.74) is 1.22. The third-order valence-electron chi connectivity index (χ3n) is 4.78. The van der Waals surface area contributed by atoms with E-state index in [4.69, 9.17) is 14.5 Å². The Bertz CT molecular complexity index is 532. The van der Waals surface area contributed by atoms with Gasteiger partial charge in [0.25, 0.3) is 0 Å². The first-order valence-corrected chi connectivity index (χ1v) is 10.2. The molecule has 27 heavy (non-hydrogen) atoms. The van der Waals surface area contributed by atoms with Crippen LogP contribution in [0.1, 0.15) is 38.9 Å². The number of hydrogen-bond acceptors (Lipinski definition) is 4. The van der Waals surface area contributed by atoms with Gasteiger partial charge in [-0.05, 0) is 32.8 Å². The number of nitrogens with zero attached hydrogens (tertiary/aromatic N) is 2. The lowest BCUT2D eigenvalue weighted by Gasteiger charge is -2.31. The first-order valence-electron chi connectivity index (χ1n) is 10.2. The molecule has 1 aromatic rings. The van der Waals surface area contributed by atoms with Gasteiger partial charge in [-0.2, -0.15) is 0 Å². The lowest BCUT2D eigenvalue weighted by Crippen LogP contribution is -2.44. The van der Waals surface area contributed by atoms with Crippen molar-refractivity contribution in [1.82, 2.24) is 15.5 Å². The van der Waals surface area contributed by atoms with Crippen LogP contribution in [-0.4, -0.2) is 69.4 Å². The molecule has 0 spiro atoms. The summed E-state index contributed by atoms with van der Waals surface area (Å²) in [6.07, 6.45) is 1.07. The minimum absolute atomic E-state index is 0.127. The molecule has 1 aliphatic heterocycles. The second-order valence-electron chi connectivity index (χ2n) is 6.92. The van der Waals surface area contributed by atoms with Crippen LogP contribution >= 0.6 is 0 Å². The lowest BCUT2D eigenvalue weighted by molar-refractivity contribution is 0.0220. The molecule has 1 saturated heterocycles. The van der Waals surface area contributed by atoms with E-state index >= 15 is 0 Å². The Morgan fingerprint density at radius 2 is 1.93 bits per heavy atom. The van der Waals surface area contributed by atoms with Crippen LogP contribution in [0.4, 0.5) is 0 Å². The highest BCUT2D eigenvalue weighted by atomic mass is 16.5. The molecular weight excluding hydrogens is 340 g/mol. The van der Waals surface area contributed by atoms with Crippen molar-refractivity contribution in [3.8, 4) is 0 Å². The van der Waals surface area contributed by atoms with Gasteiger partial charge in [-0.15, -0.1) is 0 Å². The normalized spacial score (nSPS) is 18.1. The van der Waals surface area contributed by atoms with Crippen LogP contribution in [0.25, 0.3) is 0 Å². The molecule has 1 aliphatic rings. The molecule has 2 N–H and O–H groups in total. The molecule has 0 radical (unpaired) electrons. The molecule has 2 unspecified atom stereocenters. The SMILES string of the molecule is CCNC(=NCC(C)N1CCOCC1)NCCCOC(C)c1ccccc1. The maximum Gasteiger partial charge on any atom is 0.191 e. The number of benzene rings is 1. The summed E-state index contributed by atoms with van der Waals surface area (Å²) in [5, 5.41) is 6.73. The molecule has 2 atom stereocenters. The average molecular weight is 377 g/mol. The number of ether oxygens (including phenoxy) is 2. The Morgan fingerprint density at radius 1 is 1.19 bits per heavy atom. The molecule has 0 aliphatic carbocycles. The van der Waals surface area contributed by atoms with Gasteiger partial charge in [-0.1, -0.05) is 30.3 Å². The number of morpholine rings is 1. The number of nitrogens with one attached hydrogen (secondary N) is 2. The van der Waals surface area contributed by atoms with Crippen LogP contribution in [0, 0.1) is 0 Å². The molecule has 6 heteroatoms. The van der Waals surface area contributed by atoms with E-state index in [0.29, 0.717) is 6.04 Å². The van der Waals surface area contributed by atoms with E-state index < -0.39 is 0 Å². The monoisotopic (exact) mass is 376 g/mol. The second-order valence-corrected chi connectivity index (χ2v) is 6.92. The molecule has 1 fully saturated rings. The molecule has 1 heterocycles. The highest BCUT2D eigenvalue weighted by Gasteiger charge is 2.16. The maximum atomic E-state index is 5.93. The average Bonchev–Trinajstić information content (AvgIpc) is 2.72. The van der Waals surface area contributed by atoms with Crippen LogP contribution in [0.5, 0.6) is 0 Å². The summed E-state index contributed by atoms with van der Waals surface area (Å²) in [4.78, 5) is 7.18. The van der Waals surface area contributed by atoms with E-state index in [1.54, 1.807) is 0 Å². The molecular formula is C21H36N4O2. The van der Waals surface area contributed by atoms with E-state index in [9.17, 15) is 0 Å². The van der Waals surface area contributed by atoms with Gasteiger partial charge in [-0.25, -0.2) is 0 Å². The first kappa shape index (κ1) is 21.7. The number of hydrogen-bond donors (Lipinski definition) is 2. The third-order valence-corrected chi connectivity index (χ3v) is 4.78. The van der Waals surface area contributed by atoms with Gasteiger partial charge in [0.05, 0.1) is 25.9 Å². The Balaban J connectivity index is 1.66. The van der Waals surface area contributed by atoms with Crippen molar-refractivity contribution < 1.29 is 9.47 Å². The second kappa shape index (κ2) is 12.7. The molecule has 0 bridgehead atoms. The largest absolute Gasteiger partial charge is 0.379 e. The highest BCUT2D eigenvalue weighted by molar-refractivity contribution is 5.79. The fraction of sp³-hybridized carbons (Fsp3) is 0.667. The Morgan fingerprint density at radius 3 is 2.63 bits per heavy atom. The first-order chi connectivity index (χ1) is 13.2. The van der Waals surface area contributed by atoms with Crippen LogP contribution in [-0.2, 0) is 9.47 Å². The smallest absolute Gasteiger partial charge is 0.191 e. The molecule has 0 aromatic heterocycles. The third kappa shape index (κ3) is 8.28. The van der Waals surface area contributed by atoms with Crippen LogP contribution in [0.2, 0.25) is 0 Å². The number of rotatable bonds is 10. The Labute approximate surface area is 164 Å². The van der Waals surface area contributed by atoms with Gasteiger partial charge in [0.1, 0.15) is 0 Å². The van der Waals surface area contributed by atoms with E-state index in [2.05, 4.69) is 48.4 Å². The van der Waals surface area contributed by atoms with Gasteiger partial charge in [0, 0.05) is 38.8 Å². The van der Waals surface area contributed by atoms with Gasteiger partial charge in [0.2, 0.25) is 0 Å². The summed E-state index contributed by atoms with van der Waals surface area (Å²) >= 11 is 0. The molecule has 0 amide bonds. The minimum Gasteiger partial charge on any atom is -0.379 e. The van der Waals surface area contributed by atoms with Gasteiger partial charge >= 0.3 is 0 Å². The van der Waals surface area contributed by atoms with Crippen molar-refractivity contribution >= 4 is 5.96 Å². The van der Waals surface area contributed by atoms with E-state index in [1.165, 1.54) is 5.56 Å². The van der Waals surface area contributed by atoms with Crippen molar-refractivity contribution in [2.45, 2.75) is 39.3 Å². The van der Waals surface area contributed by atoms with Crippen LogP contribution < -0.4 is 10.6 Å². The maximum absolute atomic E-state index is 5.93. The topological polar surface area (TPSA) is 58.1 Å². The summed E-state index contributed by atoms with van der Waals surface area (Å²) in [6, 6.07) is 10.8. The van der Waals surface area contributed by atoms with E-state index in [1.807, 2.05) is 18.2 Å². The van der Waals surface area contributed by atoms with Gasteiger partial charge in [-0.3, -0.25) is 9.89 Å². The molecule has 6 nitrogen and oxygen atoms in total.